The summed E-state index contributed by atoms with van der Waals surface area (Å²) in [6, 6.07) is 8.69. The van der Waals surface area contributed by atoms with Crippen LogP contribution < -0.4 is 5.73 Å². The number of benzene rings is 1. The van der Waals surface area contributed by atoms with Gasteiger partial charge in [-0.25, -0.2) is 4.98 Å². The fraction of sp³-hybridized carbons (Fsp3) is 0.588. The minimum Gasteiger partial charge on any atom is -0.328 e. The highest BCUT2D eigenvalue weighted by Crippen LogP contribution is 2.55. The average Bonchev–Trinajstić information content (AvgIpc) is 2.93. The first-order valence-electron chi connectivity index (χ1n) is 7.96. The van der Waals surface area contributed by atoms with Gasteiger partial charge < -0.3 is 10.3 Å². The molecule has 0 aliphatic heterocycles. The van der Waals surface area contributed by atoms with Crippen LogP contribution in [0.3, 0.4) is 0 Å². The van der Waals surface area contributed by atoms with Crippen LogP contribution in [0.4, 0.5) is 0 Å². The van der Waals surface area contributed by atoms with Gasteiger partial charge in [-0.3, -0.25) is 0 Å². The highest BCUT2D eigenvalue weighted by atomic mass is 15.1. The monoisotopic (exact) mass is 269 g/mol. The molecule has 2 fully saturated rings. The molecule has 20 heavy (non-hydrogen) atoms. The highest BCUT2D eigenvalue weighted by Gasteiger charge is 2.47. The van der Waals surface area contributed by atoms with E-state index in [0.29, 0.717) is 0 Å². The molecule has 0 amide bonds. The molecular formula is C17H23N3. The number of aryl methyl sites for hydroxylation is 1. The van der Waals surface area contributed by atoms with Crippen LogP contribution in [0.5, 0.6) is 0 Å². The standard InChI is InChI=1S/C17H23N3/c1-2-20-16-6-4-3-5-15(16)19-17(20)10-14(18)13-8-11-7-12(11)9-13/h3-6,11-14H,2,7-10,18H2,1H3. The quantitative estimate of drug-likeness (QED) is 0.927. The summed E-state index contributed by atoms with van der Waals surface area (Å²) in [7, 11) is 0. The predicted octanol–water partition coefficient (Wildman–Crippen LogP) is 2.97. The van der Waals surface area contributed by atoms with Gasteiger partial charge in [-0.1, -0.05) is 12.1 Å². The lowest BCUT2D eigenvalue weighted by Crippen LogP contribution is -2.32. The van der Waals surface area contributed by atoms with E-state index in [1.54, 1.807) is 0 Å². The van der Waals surface area contributed by atoms with Gasteiger partial charge in [-0.15, -0.1) is 0 Å². The molecule has 0 radical (unpaired) electrons. The molecule has 2 aromatic rings. The van der Waals surface area contributed by atoms with Crippen molar-refractivity contribution >= 4 is 11.0 Å². The van der Waals surface area contributed by atoms with Gasteiger partial charge in [-0.05, 0) is 56.1 Å². The molecule has 0 spiro atoms. The molecule has 3 heteroatoms. The van der Waals surface area contributed by atoms with E-state index in [4.69, 9.17) is 10.7 Å². The normalized spacial score (nSPS) is 29.6. The molecule has 4 rings (SSSR count). The Morgan fingerprint density at radius 1 is 1.25 bits per heavy atom. The van der Waals surface area contributed by atoms with Gasteiger partial charge in [0.1, 0.15) is 5.82 Å². The lowest BCUT2D eigenvalue weighted by molar-refractivity contribution is 0.385. The molecule has 0 bridgehead atoms. The first-order valence-corrected chi connectivity index (χ1v) is 7.96. The number of rotatable bonds is 4. The van der Waals surface area contributed by atoms with E-state index in [1.165, 1.54) is 30.6 Å². The smallest absolute Gasteiger partial charge is 0.111 e. The lowest BCUT2D eigenvalue weighted by atomic mass is 9.93. The predicted molar refractivity (Wildman–Crippen MR) is 81.4 cm³/mol. The van der Waals surface area contributed by atoms with Crippen molar-refractivity contribution in [1.29, 1.82) is 0 Å². The minimum absolute atomic E-state index is 0.282. The summed E-state index contributed by atoms with van der Waals surface area (Å²) < 4.78 is 2.32. The van der Waals surface area contributed by atoms with Crippen LogP contribution in [0.2, 0.25) is 0 Å². The zero-order valence-electron chi connectivity index (χ0n) is 12.1. The van der Waals surface area contributed by atoms with Gasteiger partial charge in [0.05, 0.1) is 11.0 Å². The van der Waals surface area contributed by atoms with Crippen LogP contribution in [0.15, 0.2) is 24.3 Å². The van der Waals surface area contributed by atoms with Gasteiger partial charge in [0, 0.05) is 19.0 Å². The van der Waals surface area contributed by atoms with Gasteiger partial charge >= 0.3 is 0 Å². The number of aromatic nitrogens is 2. The topological polar surface area (TPSA) is 43.8 Å². The first kappa shape index (κ1) is 12.4. The summed E-state index contributed by atoms with van der Waals surface area (Å²) in [5, 5.41) is 0. The first-order chi connectivity index (χ1) is 9.76. The van der Waals surface area contributed by atoms with Crippen molar-refractivity contribution in [2.24, 2.45) is 23.5 Å². The molecule has 0 saturated heterocycles. The largest absolute Gasteiger partial charge is 0.328 e. The highest BCUT2D eigenvalue weighted by molar-refractivity contribution is 5.75. The van der Waals surface area contributed by atoms with Crippen molar-refractivity contribution in [3.05, 3.63) is 30.1 Å². The van der Waals surface area contributed by atoms with Crippen LogP contribution >= 0.6 is 0 Å². The molecule has 2 aliphatic rings. The molecular weight excluding hydrogens is 246 g/mol. The van der Waals surface area contributed by atoms with Crippen molar-refractivity contribution in [3.8, 4) is 0 Å². The second kappa shape index (κ2) is 4.59. The fourth-order valence-corrected chi connectivity index (χ4v) is 4.12. The SMILES string of the molecule is CCn1c(CC(N)C2CC3CC3C2)nc2ccccc21. The average molecular weight is 269 g/mol. The van der Waals surface area contributed by atoms with Crippen LogP contribution in [-0.4, -0.2) is 15.6 Å². The molecule has 2 saturated carbocycles. The van der Waals surface area contributed by atoms with Crippen molar-refractivity contribution in [2.45, 2.75) is 45.2 Å². The maximum absolute atomic E-state index is 6.49. The molecule has 2 aliphatic carbocycles. The molecule has 3 nitrogen and oxygen atoms in total. The van der Waals surface area contributed by atoms with Gasteiger partial charge in [0.2, 0.25) is 0 Å². The summed E-state index contributed by atoms with van der Waals surface area (Å²) in [4.78, 5) is 4.81. The van der Waals surface area contributed by atoms with Gasteiger partial charge in [0.15, 0.2) is 0 Å². The van der Waals surface area contributed by atoms with E-state index in [1.807, 2.05) is 0 Å². The molecule has 106 valence electrons. The Labute approximate surface area is 120 Å². The third-order valence-corrected chi connectivity index (χ3v) is 5.35. The van der Waals surface area contributed by atoms with Crippen LogP contribution in [0, 0.1) is 17.8 Å². The Kier molecular flexibility index (Phi) is 2.84. The van der Waals surface area contributed by atoms with E-state index in [2.05, 4.69) is 35.8 Å². The second-order valence-electron chi connectivity index (χ2n) is 6.62. The number of nitrogens with zero attached hydrogens (tertiary/aromatic N) is 2. The number of hydrogen-bond acceptors (Lipinski definition) is 2. The van der Waals surface area contributed by atoms with Crippen LogP contribution in [-0.2, 0) is 13.0 Å². The molecule has 1 aromatic carbocycles. The number of imidazole rings is 1. The molecule has 1 aromatic heterocycles. The van der Waals surface area contributed by atoms with E-state index < -0.39 is 0 Å². The van der Waals surface area contributed by atoms with E-state index in [9.17, 15) is 0 Å². The van der Waals surface area contributed by atoms with E-state index in [0.717, 1.165) is 36.2 Å². The Morgan fingerprint density at radius 2 is 2.00 bits per heavy atom. The molecule has 2 N–H and O–H groups in total. The Hall–Kier alpha value is -1.35. The molecule has 3 atom stereocenters. The summed E-state index contributed by atoms with van der Waals surface area (Å²) in [6.07, 6.45) is 5.11. The van der Waals surface area contributed by atoms with Crippen molar-refractivity contribution in [3.63, 3.8) is 0 Å². The summed E-state index contributed by atoms with van der Waals surface area (Å²) in [5.74, 6) is 3.91. The van der Waals surface area contributed by atoms with Crippen molar-refractivity contribution in [1.82, 2.24) is 9.55 Å². The minimum atomic E-state index is 0.282. The van der Waals surface area contributed by atoms with Crippen molar-refractivity contribution in [2.75, 3.05) is 0 Å². The number of hydrogen-bond donors (Lipinski definition) is 1. The molecule has 3 unspecified atom stereocenters. The molecule has 1 heterocycles. The maximum Gasteiger partial charge on any atom is 0.111 e. The van der Waals surface area contributed by atoms with E-state index in [-0.39, 0.29) is 6.04 Å². The summed E-state index contributed by atoms with van der Waals surface area (Å²) in [5.41, 5.74) is 8.83. The number of nitrogens with two attached hydrogens (primary N) is 1. The van der Waals surface area contributed by atoms with Crippen LogP contribution in [0.1, 0.15) is 32.0 Å². The van der Waals surface area contributed by atoms with Crippen molar-refractivity contribution < 1.29 is 0 Å². The van der Waals surface area contributed by atoms with Gasteiger partial charge in [0.25, 0.3) is 0 Å². The second-order valence-corrected chi connectivity index (χ2v) is 6.62. The Balaban J connectivity index is 1.58. The fourth-order valence-electron chi connectivity index (χ4n) is 4.12. The third kappa shape index (κ3) is 1.96. The van der Waals surface area contributed by atoms with Gasteiger partial charge in [-0.2, -0.15) is 0 Å². The Morgan fingerprint density at radius 3 is 2.75 bits per heavy atom. The number of para-hydroxylation sites is 2. The summed E-state index contributed by atoms with van der Waals surface area (Å²) >= 11 is 0. The lowest BCUT2D eigenvalue weighted by Gasteiger charge is -2.20. The maximum atomic E-state index is 6.49. The number of fused-ring (bicyclic) bond motifs is 2. The summed E-state index contributed by atoms with van der Waals surface area (Å²) in [6.45, 7) is 3.16. The van der Waals surface area contributed by atoms with Crippen LogP contribution in [0.25, 0.3) is 11.0 Å². The zero-order valence-corrected chi connectivity index (χ0v) is 12.1. The third-order valence-electron chi connectivity index (χ3n) is 5.35. The zero-order chi connectivity index (χ0) is 13.7. The van der Waals surface area contributed by atoms with E-state index >= 15 is 0 Å². The Bertz CT molecular complexity index is 620.